The molecule has 0 fully saturated rings. The molecule has 0 bridgehead atoms. The van der Waals surface area contributed by atoms with Crippen LogP contribution in [0.5, 0.6) is 0 Å². The van der Waals surface area contributed by atoms with Crippen LogP contribution in [0.3, 0.4) is 0 Å². The van der Waals surface area contributed by atoms with Crippen molar-refractivity contribution in [2.24, 2.45) is 0 Å². The van der Waals surface area contributed by atoms with Gasteiger partial charge in [0.25, 0.3) is 0 Å². The lowest BCUT2D eigenvalue weighted by Gasteiger charge is -2.09. The summed E-state index contributed by atoms with van der Waals surface area (Å²) in [6.45, 7) is 0. The normalized spacial score (nSPS) is 12.0. The SMILES string of the molecule is CNSc1ccc2c(c1)c(-c1cnc[nH]1)cn2-c1ccc(C(F)(F)F)cc1. The molecule has 0 aliphatic carbocycles. The van der Waals surface area contributed by atoms with Crippen LogP contribution < -0.4 is 4.72 Å². The molecule has 0 unspecified atom stereocenters. The number of benzene rings is 2. The molecule has 2 aromatic heterocycles. The topological polar surface area (TPSA) is 45.6 Å². The molecule has 0 radical (unpaired) electrons. The Labute approximate surface area is 157 Å². The third-order valence-corrected chi connectivity index (χ3v) is 4.95. The highest BCUT2D eigenvalue weighted by Gasteiger charge is 2.30. The molecule has 0 amide bonds. The van der Waals surface area contributed by atoms with Crippen molar-refractivity contribution in [1.82, 2.24) is 19.3 Å². The highest BCUT2D eigenvalue weighted by molar-refractivity contribution is 7.97. The van der Waals surface area contributed by atoms with Gasteiger partial charge in [0.05, 0.1) is 29.3 Å². The lowest BCUT2D eigenvalue weighted by atomic mass is 10.1. The Kier molecular flexibility index (Phi) is 4.45. The molecule has 2 heterocycles. The summed E-state index contributed by atoms with van der Waals surface area (Å²) >= 11 is 1.50. The van der Waals surface area contributed by atoms with Crippen LogP contribution in [0.1, 0.15) is 5.56 Å². The molecule has 4 rings (SSSR count). The largest absolute Gasteiger partial charge is 0.416 e. The number of aromatic amines is 1. The predicted octanol–water partition coefficient (Wildman–Crippen LogP) is 5.27. The number of halogens is 3. The summed E-state index contributed by atoms with van der Waals surface area (Å²) in [6, 6.07) is 11.1. The second-order valence-corrected chi connectivity index (χ2v) is 6.99. The number of nitrogens with zero attached hydrogens (tertiary/aromatic N) is 2. The zero-order chi connectivity index (χ0) is 19.0. The summed E-state index contributed by atoms with van der Waals surface area (Å²) in [6.07, 6.45) is 0.888. The van der Waals surface area contributed by atoms with Gasteiger partial charge in [0.15, 0.2) is 0 Å². The van der Waals surface area contributed by atoms with Crippen LogP contribution in [0.4, 0.5) is 13.2 Å². The van der Waals surface area contributed by atoms with E-state index >= 15 is 0 Å². The van der Waals surface area contributed by atoms with Crippen LogP contribution in [0.2, 0.25) is 0 Å². The summed E-state index contributed by atoms with van der Waals surface area (Å²) in [5.41, 5.74) is 2.68. The molecule has 0 saturated heterocycles. The average molecular weight is 388 g/mol. The summed E-state index contributed by atoms with van der Waals surface area (Å²) in [5.74, 6) is 0. The van der Waals surface area contributed by atoms with Crippen molar-refractivity contribution in [3.8, 4) is 16.9 Å². The van der Waals surface area contributed by atoms with Gasteiger partial charge in [-0.15, -0.1) is 0 Å². The maximum Gasteiger partial charge on any atom is 0.416 e. The maximum absolute atomic E-state index is 12.9. The van der Waals surface area contributed by atoms with E-state index in [9.17, 15) is 13.2 Å². The molecule has 0 aliphatic rings. The minimum atomic E-state index is -4.35. The number of nitrogens with one attached hydrogen (secondary N) is 2. The number of aromatic nitrogens is 3. The van der Waals surface area contributed by atoms with Crippen molar-refractivity contribution in [3.05, 3.63) is 66.7 Å². The molecule has 138 valence electrons. The van der Waals surface area contributed by atoms with Crippen LogP contribution in [0, 0.1) is 0 Å². The van der Waals surface area contributed by atoms with Crippen molar-refractivity contribution in [3.63, 3.8) is 0 Å². The molecular weight excluding hydrogens is 373 g/mol. The van der Waals surface area contributed by atoms with Crippen molar-refractivity contribution in [1.29, 1.82) is 0 Å². The fourth-order valence-corrected chi connectivity index (χ4v) is 3.58. The Bertz CT molecular complexity index is 1070. The van der Waals surface area contributed by atoms with Crippen LogP contribution in [-0.2, 0) is 6.18 Å². The van der Waals surface area contributed by atoms with Gasteiger partial charge in [-0.05, 0) is 61.5 Å². The van der Waals surface area contributed by atoms with E-state index < -0.39 is 11.7 Å². The quantitative estimate of drug-likeness (QED) is 0.469. The Morgan fingerprint density at radius 1 is 1.11 bits per heavy atom. The Morgan fingerprint density at radius 2 is 1.89 bits per heavy atom. The first-order valence-corrected chi connectivity index (χ1v) is 8.94. The molecule has 4 aromatic rings. The van der Waals surface area contributed by atoms with Gasteiger partial charge in [-0.25, -0.2) is 4.98 Å². The summed E-state index contributed by atoms with van der Waals surface area (Å²) in [4.78, 5) is 8.21. The number of fused-ring (bicyclic) bond motifs is 1. The van der Waals surface area contributed by atoms with E-state index in [1.807, 2.05) is 36.0 Å². The Hall–Kier alpha value is -2.71. The fourth-order valence-electron chi connectivity index (χ4n) is 3.03. The van der Waals surface area contributed by atoms with Gasteiger partial charge in [0.1, 0.15) is 0 Å². The van der Waals surface area contributed by atoms with Gasteiger partial charge in [0, 0.05) is 27.7 Å². The van der Waals surface area contributed by atoms with Gasteiger partial charge in [0.2, 0.25) is 0 Å². The average Bonchev–Trinajstić information content (AvgIpc) is 3.29. The Morgan fingerprint density at radius 3 is 2.52 bits per heavy atom. The van der Waals surface area contributed by atoms with Crippen LogP contribution in [0.15, 0.2) is 66.1 Å². The number of H-pyrrole nitrogens is 1. The van der Waals surface area contributed by atoms with E-state index in [-0.39, 0.29) is 0 Å². The maximum atomic E-state index is 12.9. The summed E-state index contributed by atoms with van der Waals surface area (Å²) in [5, 5.41) is 0.986. The standard InChI is InChI=1S/C19H15F3N4S/c1-23-27-14-6-7-18-15(8-14)16(17-9-24-11-25-17)10-26(18)13-4-2-12(3-5-13)19(20,21)22/h2-11,23H,1H3,(H,24,25). The van der Waals surface area contributed by atoms with Gasteiger partial charge in [-0.2, -0.15) is 13.2 Å². The van der Waals surface area contributed by atoms with Gasteiger partial charge < -0.3 is 9.55 Å². The second-order valence-electron chi connectivity index (χ2n) is 5.91. The molecule has 0 atom stereocenters. The van der Waals surface area contributed by atoms with E-state index in [1.165, 1.54) is 24.1 Å². The highest BCUT2D eigenvalue weighted by Crippen LogP contribution is 2.35. The lowest BCUT2D eigenvalue weighted by Crippen LogP contribution is -2.04. The van der Waals surface area contributed by atoms with Crippen LogP contribution in [0.25, 0.3) is 27.8 Å². The molecule has 4 nitrogen and oxygen atoms in total. The van der Waals surface area contributed by atoms with Crippen LogP contribution in [-0.4, -0.2) is 21.6 Å². The Balaban J connectivity index is 1.88. The fraction of sp³-hybridized carbons (Fsp3) is 0.105. The number of imidazole rings is 1. The third kappa shape index (κ3) is 3.33. The molecule has 2 N–H and O–H groups in total. The molecule has 2 aromatic carbocycles. The molecule has 0 aliphatic heterocycles. The van der Waals surface area contributed by atoms with E-state index in [4.69, 9.17) is 0 Å². The lowest BCUT2D eigenvalue weighted by molar-refractivity contribution is -0.137. The molecule has 0 saturated carbocycles. The summed E-state index contributed by atoms with van der Waals surface area (Å²) < 4.78 is 43.5. The van der Waals surface area contributed by atoms with Gasteiger partial charge >= 0.3 is 6.18 Å². The summed E-state index contributed by atoms with van der Waals surface area (Å²) in [7, 11) is 1.85. The van der Waals surface area contributed by atoms with Gasteiger partial charge in [-0.1, -0.05) is 0 Å². The molecule has 27 heavy (non-hydrogen) atoms. The number of hydrogen-bond acceptors (Lipinski definition) is 3. The smallest absolute Gasteiger partial charge is 0.345 e. The zero-order valence-corrected chi connectivity index (χ0v) is 15.0. The zero-order valence-electron chi connectivity index (χ0n) is 14.2. The minimum absolute atomic E-state index is 0.660. The molecule has 8 heteroatoms. The van der Waals surface area contributed by atoms with Crippen molar-refractivity contribution < 1.29 is 13.2 Å². The van der Waals surface area contributed by atoms with E-state index in [0.717, 1.165) is 39.2 Å². The predicted molar refractivity (Wildman–Crippen MR) is 101 cm³/mol. The van der Waals surface area contributed by atoms with E-state index in [2.05, 4.69) is 14.7 Å². The highest BCUT2D eigenvalue weighted by atomic mass is 32.2. The first-order valence-electron chi connectivity index (χ1n) is 8.12. The van der Waals surface area contributed by atoms with Crippen molar-refractivity contribution in [2.45, 2.75) is 11.1 Å². The number of rotatable bonds is 4. The monoisotopic (exact) mass is 388 g/mol. The molecule has 0 spiro atoms. The minimum Gasteiger partial charge on any atom is -0.345 e. The first kappa shape index (κ1) is 17.7. The number of hydrogen-bond donors (Lipinski definition) is 2. The van der Waals surface area contributed by atoms with Gasteiger partial charge in [-0.3, -0.25) is 4.72 Å². The van der Waals surface area contributed by atoms with E-state index in [1.54, 1.807) is 12.5 Å². The number of alkyl halides is 3. The van der Waals surface area contributed by atoms with Crippen molar-refractivity contribution in [2.75, 3.05) is 7.05 Å². The molecular formula is C19H15F3N4S. The second kappa shape index (κ2) is 6.79. The van der Waals surface area contributed by atoms with E-state index in [0.29, 0.717) is 5.69 Å². The first-order chi connectivity index (χ1) is 13.0. The third-order valence-electron chi connectivity index (χ3n) is 4.26. The van der Waals surface area contributed by atoms with Crippen molar-refractivity contribution >= 4 is 22.9 Å². The van der Waals surface area contributed by atoms with Crippen LogP contribution >= 0.6 is 11.9 Å².